The summed E-state index contributed by atoms with van der Waals surface area (Å²) in [5.41, 5.74) is -0.0395. The third-order valence-electron chi connectivity index (χ3n) is 2.67. The number of esters is 1. The Hall–Kier alpha value is -2.11. The highest BCUT2D eigenvalue weighted by Crippen LogP contribution is 2.27. The van der Waals surface area contributed by atoms with Crippen molar-refractivity contribution in [1.29, 1.82) is 0 Å². The number of carbonyl (C=O) groups is 1. The number of hydrogen-bond donors (Lipinski definition) is 2. The Labute approximate surface area is 136 Å². The van der Waals surface area contributed by atoms with E-state index in [1.54, 1.807) is 18.2 Å². The quantitative estimate of drug-likeness (QED) is 0.640. The third-order valence-corrected chi connectivity index (χ3v) is 3.20. The first kappa shape index (κ1) is 16.3. The van der Waals surface area contributed by atoms with E-state index < -0.39 is 5.97 Å². The molecule has 2 aromatic carbocycles. The van der Waals surface area contributed by atoms with Gasteiger partial charge in [0, 0.05) is 11.1 Å². The van der Waals surface area contributed by atoms with Gasteiger partial charge in [-0.1, -0.05) is 23.2 Å². The molecule has 0 heterocycles. The van der Waals surface area contributed by atoms with Crippen LogP contribution in [0.15, 0.2) is 36.4 Å². The molecule has 0 spiro atoms. The van der Waals surface area contributed by atoms with Gasteiger partial charge in [-0.15, -0.1) is 0 Å². The predicted octanol–water partition coefficient (Wildman–Crippen LogP) is 3.64. The topological polar surface area (TPSA) is 76.0 Å². The fourth-order valence-corrected chi connectivity index (χ4v) is 2.11. The van der Waals surface area contributed by atoms with Crippen molar-refractivity contribution in [3.8, 4) is 17.2 Å². The molecule has 0 aliphatic rings. The molecule has 0 amide bonds. The van der Waals surface area contributed by atoms with Crippen LogP contribution in [0.2, 0.25) is 10.0 Å². The molecule has 0 fully saturated rings. The van der Waals surface area contributed by atoms with Gasteiger partial charge in [0.2, 0.25) is 0 Å². The van der Waals surface area contributed by atoms with E-state index in [-0.39, 0.29) is 30.3 Å². The number of halogens is 2. The predicted molar refractivity (Wildman–Crippen MR) is 82.0 cm³/mol. The van der Waals surface area contributed by atoms with E-state index >= 15 is 0 Å². The molecule has 0 bridgehead atoms. The van der Waals surface area contributed by atoms with Crippen LogP contribution in [0.5, 0.6) is 17.2 Å². The van der Waals surface area contributed by atoms with Crippen molar-refractivity contribution >= 4 is 29.2 Å². The first-order valence-corrected chi connectivity index (χ1v) is 7.00. The van der Waals surface area contributed by atoms with Crippen molar-refractivity contribution in [3.63, 3.8) is 0 Å². The van der Waals surface area contributed by atoms with Crippen molar-refractivity contribution in [1.82, 2.24) is 0 Å². The van der Waals surface area contributed by atoms with Crippen LogP contribution in [-0.2, 0) is 4.74 Å². The highest BCUT2D eigenvalue weighted by molar-refractivity contribution is 6.35. The van der Waals surface area contributed by atoms with E-state index in [0.717, 1.165) is 6.07 Å². The molecule has 0 saturated carbocycles. The first-order valence-electron chi connectivity index (χ1n) is 6.24. The standard InChI is InChI=1S/C15H12Cl2O5/c16-9-1-4-14(12(17)7-9)21-5-6-22-15(20)11-3-2-10(18)8-13(11)19/h1-4,7-8,18-19H,5-6H2. The van der Waals surface area contributed by atoms with Gasteiger partial charge in [-0.05, 0) is 30.3 Å². The molecule has 2 aromatic rings. The van der Waals surface area contributed by atoms with Gasteiger partial charge in [0.15, 0.2) is 0 Å². The summed E-state index contributed by atoms with van der Waals surface area (Å²) < 4.78 is 10.3. The number of hydrogen-bond acceptors (Lipinski definition) is 5. The summed E-state index contributed by atoms with van der Waals surface area (Å²) in [4.78, 5) is 11.7. The molecule has 22 heavy (non-hydrogen) atoms. The minimum Gasteiger partial charge on any atom is -0.508 e. The lowest BCUT2D eigenvalue weighted by Gasteiger charge is -2.09. The summed E-state index contributed by atoms with van der Waals surface area (Å²) in [6, 6.07) is 8.38. The van der Waals surface area contributed by atoms with Crippen molar-refractivity contribution in [2.75, 3.05) is 13.2 Å². The summed E-state index contributed by atoms with van der Waals surface area (Å²) >= 11 is 11.7. The zero-order valence-electron chi connectivity index (χ0n) is 11.3. The van der Waals surface area contributed by atoms with Crippen LogP contribution in [0.4, 0.5) is 0 Å². The van der Waals surface area contributed by atoms with Crippen LogP contribution in [0.3, 0.4) is 0 Å². The minimum atomic E-state index is -0.719. The SMILES string of the molecule is O=C(OCCOc1ccc(Cl)cc1Cl)c1ccc(O)cc1O. The van der Waals surface area contributed by atoms with Crippen LogP contribution in [0.1, 0.15) is 10.4 Å². The average molecular weight is 343 g/mol. The van der Waals surface area contributed by atoms with Crippen LogP contribution in [0, 0.1) is 0 Å². The van der Waals surface area contributed by atoms with Crippen LogP contribution >= 0.6 is 23.2 Å². The molecular formula is C15H12Cl2O5. The Bertz CT molecular complexity index is 688. The maximum absolute atomic E-state index is 11.7. The number of phenols is 2. The smallest absolute Gasteiger partial charge is 0.342 e. The number of rotatable bonds is 5. The van der Waals surface area contributed by atoms with Gasteiger partial charge in [-0.25, -0.2) is 4.79 Å². The highest BCUT2D eigenvalue weighted by atomic mass is 35.5. The van der Waals surface area contributed by atoms with E-state index in [1.165, 1.54) is 12.1 Å². The van der Waals surface area contributed by atoms with Crippen LogP contribution in [0.25, 0.3) is 0 Å². The zero-order valence-corrected chi connectivity index (χ0v) is 12.8. The Morgan fingerprint density at radius 3 is 2.50 bits per heavy atom. The van der Waals surface area contributed by atoms with Crippen molar-refractivity contribution in [3.05, 3.63) is 52.0 Å². The Balaban J connectivity index is 1.84. The van der Waals surface area contributed by atoms with Gasteiger partial charge in [-0.3, -0.25) is 0 Å². The Kier molecular flexibility index (Phi) is 5.35. The van der Waals surface area contributed by atoms with Gasteiger partial charge in [0.1, 0.15) is 36.0 Å². The second kappa shape index (κ2) is 7.24. The molecule has 0 aromatic heterocycles. The molecule has 0 saturated heterocycles. The van der Waals surface area contributed by atoms with Gasteiger partial charge < -0.3 is 19.7 Å². The van der Waals surface area contributed by atoms with Gasteiger partial charge in [0.25, 0.3) is 0 Å². The molecule has 0 aliphatic carbocycles. The zero-order chi connectivity index (χ0) is 16.1. The molecule has 116 valence electrons. The van der Waals surface area contributed by atoms with Crippen LogP contribution in [-0.4, -0.2) is 29.4 Å². The largest absolute Gasteiger partial charge is 0.508 e. The summed E-state index contributed by atoms with van der Waals surface area (Å²) in [5, 5.41) is 19.5. The minimum absolute atomic E-state index is 0.0297. The maximum atomic E-state index is 11.7. The first-order chi connectivity index (χ1) is 10.5. The number of carbonyl (C=O) groups excluding carboxylic acids is 1. The van der Waals surface area contributed by atoms with E-state index in [0.29, 0.717) is 15.8 Å². The number of aromatic hydroxyl groups is 2. The fourth-order valence-electron chi connectivity index (χ4n) is 1.65. The third kappa shape index (κ3) is 4.19. The molecule has 5 nitrogen and oxygen atoms in total. The highest BCUT2D eigenvalue weighted by Gasteiger charge is 2.13. The fraction of sp³-hybridized carbons (Fsp3) is 0.133. The van der Waals surface area contributed by atoms with E-state index in [4.69, 9.17) is 37.8 Å². The molecule has 2 N–H and O–H groups in total. The maximum Gasteiger partial charge on any atom is 0.342 e. The summed E-state index contributed by atoms with van der Waals surface area (Å²) in [6.45, 7) is 0.0596. The van der Waals surface area contributed by atoms with Crippen LogP contribution < -0.4 is 4.74 Å². The second-order valence-electron chi connectivity index (χ2n) is 4.26. The molecule has 0 atom stereocenters. The van der Waals surface area contributed by atoms with Gasteiger partial charge in [0.05, 0.1) is 5.02 Å². The molecule has 0 radical (unpaired) electrons. The van der Waals surface area contributed by atoms with Gasteiger partial charge in [-0.2, -0.15) is 0 Å². The summed E-state index contributed by atoms with van der Waals surface area (Å²) in [5.74, 6) is -0.792. The van der Waals surface area contributed by atoms with Gasteiger partial charge >= 0.3 is 5.97 Å². The average Bonchev–Trinajstić information content (AvgIpc) is 2.45. The normalized spacial score (nSPS) is 10.3. The molecule has 0 unspecified atom stereocenters. The van der Waals surface area contributed by atoms with E-state index in [9.17, 15) is 9.90 Å². The number of ether oxygens (including phenoxy) is 2. The summed E-state index contributed by atoms with van der Waals surface area (Å²) in [7, 11) is 0. The second-order valence-corrected chi connectivity index (χ2v) is 5.10. The van der Waals surface area contributed by atoms with Crippen molar-refractivity contribution in [2.24, 2.45) is 0 Å². The Morgan fingerprint density at radius 1 is 1.05 bits per heavy atom. The molecule has 0 aliphatic heterocycles. The lowest BCUT2D eigenvalue weighted by Crippen LogP contribution is -2.12. The number of benzene rings is 2. The van der Waals surface area contributed by atoms with E-state index in [2.05, 4.69) is 0 Å². The molecule has 2 rings (SSSR count). The Morgan fingerprint density at radius 2 is 1.82 bits per heavy atom. The van der Waals surface area contributed by atoms with Crippen molar-refractivity contribution in [2.45, 2.75) is 0 Å². The van der Waals surface area contributed by atoms with E-state index in [1.807, 2.05) is 0 Å². The van der Waals surface area contributed by atoms with Crippen molar-refractivity contribution < 1.29 is 24.5 Å². The summed E-state index contributed by atoms with van der Waals surface area (Å²) in [6.07, 6.45) is 0. The lowest BCUT2D eigenvalue weighted by molar-refractivity contribution is 0.0447. The molecular weight excluding hydrogens is 331 g/mol. The molecule has 7 heteroatoms. The monoisotopic (exact) mass is 342 g/mol. The lowest BCUT2D eigenvalue weighted by atomic mass is 10.2. The number of phenolic OH excluding ortho intramolecular Hbond substituents is 2.